The number of benzene rings is 1. The van der Waals surface area contributed by atoms with Gasteiger partial charge < -0.3 is 4.42 Å². The third-order valence-corrected chi connectivity index (χ3v) is 3.30. The van der Waals surface area contributed by atoms with E-state index in [0.717, 1.165) is 12.1 Å². The Kier molecular flexibility index (Phi) is 4.18. The van der Waals surface area contributed by atoms with Gasteiger partial charge in [-0.25, -0.2) is 14.6 Å². The maximum Gasteiger partial charge on any atom is 0.300 e. The molecule has 0 saturated heterocycles. The molecule has 0 fully saturated rings. The number of nitrogens with two attached hydrogens (primary N) is 1. The molecule has 0 aliphatic heterocycles. The number of carbonyl (C=O) groups is 1. The van der Waals surface area contributed by atoms with Crippen molar-refractivity contribution in [2.45, 2.75) is 10.6 Å². The minimum atomic E-state index is -0.896. The highest BCUT2D eigenvalue weighted by Gasteiger charge is 2.10. The third kappa shape index (κ3) is 3.33. The lowest BCUT2D eigenvalue weighted by atomic mass is 10.3. The van der Waals surface area contributed by atoms with E-state index in [4.69, 9.17) is 10.3 Å². The number of carbonyl (C=O) groups excluding carboxylic acids is 1. The van der Waals surface area contributed by atoms with Gasteiger partial charge in [-0.1, -0.05) is 0 Å². The maximum atomic E-state index is 13.0. The molecule has 2 aromatic rings. The van der Waals surface area contributed by atoms with Gasteiger partial charge >= 0.3 is 5.91 Å². The minimum Gasteiger partial charge on any atom is -0.455 e. The van der Waals surface area contributed by atoms with E-state index in [9.17, 15) is 13.6 Å². The molecule has 1 aromatic heterocycles. The van der Waals surface area contributed by atoms with Crippen molar-refractivity contribution in [3.05, 3.63) is 53.5 Å². The fourth-order valence-electron chi connectivity index (χ4n) is 1.37. The zero-order valence-corrected chi connectivity index (χ0v) is 10.5. The van der Waals surface area contributed by atoms with Crippen LogP contribution in [0.3, 0.4) is 0 Å². The lowest BCUT2D eigenvalue weighted by molar-refractivity contribution is 0.0924. The number of nitrogens with one attached hydrogen (secondary N) is 1. The van der Waals surface area contributed by atoms with Gasteiger partial charge in [-0.15, -0.1) is 11.8 Å². The quantitative estimate of drug-likeness (QED) is 0.392. The summed E-state index contributed by atoms with van der Waals surface area (Å²) in [6.45, 7) is 0. The maximum absolute atomic E-state index is 13.0. The molecule has 0 atom stereocenters. The molecule has 0 aliphatic rings. The Balaban J connectivity index is 2.00. The molecule has 1 aromatic carbocycles. The van der Waals surface area contributed by atoms with E-state index < -0.39 is 17.5 Å². The van der Waals surface area contributed by atoms with Crippen LogP contribution in [-0.4, -0.2) is 5.91 Å². The van der Waals surface area contributed by atoms with Crippen LogP contribution in [0.4, 0.5) is 8.78 Å². The van der Waals surface area contributed by atoms with Crippen molar-refractivity contribution in [1.29, 1.82) is 0 Å². The molecule has 0 bridgehead atoms. The third-order valence-electron chi connectivity index (χ3n) is 2.29. The van der Waals surface area contributed by atoms with E-state index >= 15 is 0 Å². The van der Waals surface area contributed by atoms with Gasteiger partial charge in [-0.2, -0.15) is 0 Å². The fraction of sp³-hybridized carbons (Fsp3) is 0.0833. The minimum absolute atomic E-state index is 0.100. The Morgan fingerprint density at radius 2 is 2.05 bits per heavy atom. The molecule has 4 nitrogen and oxygen atoms in total. The molecule has 0 aliphatic carbocycles. The van der Waals surface area contributed by atoms with Crippen molar-refractivity contribution < 1.29 is 18.0 Å². The van der Waals surface area contributed by atoms with Crippen LogP contribution in [0.1, 0.15) is 16.3 Å². The molecule has 19 heavy (non-hydrogen) atoms. The summed E-state index contributed by atoms with van der Waals surface area (Å²) in [7, 11) is 0. The summed E-state index contributed by atoms with van der Waals surface area (Å²) in [5, 5.41) is 0. The number of furan rings is 1. The summed E-state index contributed by atoms with van der Waals surface area (Å²) < 4.78 is 30.9. The topological polar surface area (TPSA) is 68.3 Å². The van der Waals surface area contributed by atoms with Gasteiger partial charge in [-0.05, 0) is 30.3 Å². The van der Waals surface area contributed by atoms with Crippen LogP contribution < -0.4 is 11.3 Å². The summed E-state index contributed by atoms with van der Waals surface area (Å²) in [6, 6.07) is 6.75. The SMILES string of the molecule is NNC(=O)c1ccc(CSc2ccc(F)c(F)c2)o1. The van der Waals surface area contributed by atoms with Gasteiger partial charge in [0.15, 0.2) is 17.4 Å². The number of rotatable bonds is 4. The van der Waals surface area contributed by atoms with Crippen molar-refractivity contribution in [2.75, 3.05) is 0 Å². The summed E-state index contributed by atoms with van der Waals surface area (Å²) in [4.78, 5) is 11.7. The molecule has 3 N–H and O–H groups in total. The Bertz CT molecular complexity index is 601. The van der Waals surface area contributed by atoms with Crippen LogP contribution >= 0.6 is 11.8 Å². The van der Waals surface area contributed by atoms with E-state index in [1.807, 2.05) is 5.43 Å². The van der Waals surface area contributed by atoms with Gasteiger partial charge in [0.1, 0.15) is 5.76 Å². The normalized spacial score (nSPS) is 10.5. The number of hydrogen-bond donors (Lipinski definition) is 2. The van der Waals surface area contributed by atoms with E-state index in [0.29, 0.717) is 16.4 Å². The Morgan fingerprint density at radius 3 is 2.74 bits per heavy atom. The van der Waals surface area contributed by atoms with Crippen molar-refractivity contribution in [2.24, 2.45) is 5.84 Å². The van der Waals surface area contributed by atoms with Gasteiger partial charge in [0.05, 0.1) is 5.75 Å². The number of hydrogen-bond acceptors (Lipinski definition) is 4. The van der Waals surface area contributed by atoms with Crippen LogP contribution in [0.25, 0.3) is 0 Å². The van der Waals surface area contributed by atoms with Crippen molar-refractivity contribution in [3.63, 3.8) is 0 Å². The zero-order chi connectivity index (χ0) is 13.8. The van der Waals surface area contributed by atoms with Crippen molar-refractivity contribution in [3.8, 4) is 0 Å². The van der Waals surface area contributed by atoms with Crippen LogP contribution in [0.15, 0.2) is 39.6 Å². The van der Waals surface area contributed by atoms with Gasteiger partial charge in [-0.3, -0.25) is 10.2 Å². The Hall–Kier alpha value is -1.86. The number of halogens is 2. The predicted octanol–water partition coefficient (Wildman–Crippen LogP) is 2.45. The second-order valence-electron chi connectivity index (χ2n) is 3.60. The van der Waals surface area contributed by atoms with Gasteiger partial charge in [0, 0.05) is 4.90 Å². The first-order chi connectivity index (χ1) is 9.10. The van der Waals surface area contributed by atoms with Crippen molar-refractivity contribution in [1.82, 2.24) is 5.43 Å². The molecular formula is C12H10F2N2O2S. The summed E-state index contributed by atoms with van der Waals surface area (Å²) in [5.74, 6) is 3.69. The molecular weight excluding hydrogens is 274 g/mol. The molecule has 0 unspecified atom stereocenters. The molecule has 0 spiro atoms. The Morgan fingerprint density at radius 1 is 1.26 bits per heavy atom. The average Bonchev–Trinajstić information content (AvgIpc) is 2.88. The first-order valence-electron chi connectivity index (χ1n) is 5.27. The van der Waals surface area contributed by atoms with Crippen LogP contribution in [0.5, 0.6) is 0 Å². The summed E-state index contributed by atoms with van der Waals surface area (Å²) in [6.07, 6.45) is 0. The highest BCUT2D eigenvalue weighted by atomic mass is 32.2. The summed E-state index contributed by atoms with van der Waals surface area (Å²) >= 11 is 1.27. The van der Waals surface area contributed by atoms with E-state index in [1.54, 1.807) is 6.07 Å². The number of thioether (sulfide) groups is 1. The van der Waals surface area contributed by atoms with Crippen LogP contribution in [-0.2, 0) is 5.75 Å². The highest BCUT2D eigenvalue weighted by Crippen LogP contribution is 2.25. The predicted molar refractivity (Wildman–Crippen MR) is 66.3 cm³/mol. The van der Waals surface area contributed by atoms with Crippen molar-refractivity contribution >= 4 is 17.7 Å². The van der Waals surface area contributed by atoms with E-state index in [-0.39, 0.29) is 5.76 Å². The number of amides is 1. The molecule has 100 valence electrons. The first-order valence-corrected chi connectivity index (χ1v) is 6.26. The van der Waals surface area contributed by atoms with Crippen LogP contribution in [0, 0.1) is 11.6 Å². The second kappa shape index (κ2) is 5.85. The standard InChI is InChI=1S/C12H10F2N2O2S/c13-9-3-2-8(5-10(9)14)19-6-7-1-4-11(18-7)12(17)16-15/h1-5H,6,15H2,(H,16,17). The van der Waals surface area contributed by atoms with E-state index in [2.05, 4.69) is 0 Å². The monoisotopic (exact) mass is 284 g/mol. The molecule has 0 radical (unpaired) electrons. The Labute approximate surface area is 111 Å². The second-order valence-corrected chi connectivity index (χ2v) is 4.65. The van der Waals surface area contributed by atoms with Gasteiger partial charge in [0.25, 0.3) is 0 Å². The largest absolute Gasteiger partial charge is 0.455 e. The van der Waals surface area contributed by atoms with Crippen LogP contribution in [0.2, 0.25) is 0 Å². The molecule has 1 amide bonds. The smallest absolute Gasteiger partial charge is 0.300 e. The van der Waals surface area contributed by atoms with E-state index in [1.165, 1.54) is 23.9 Å². The number of hydrazine groups is 1. The lowest BCUT2D eigenvalue weighted by Crippen LogP contribution is -2.29. The fourth-order valence-corrected chi connectivity index (χ4v) is 2.18. The molecule has 2 rings (SSSR count). The highest BCUT2D eigenvalue weighted by molar-refractivity contribution is 7.98. The molecule has 1 heterocycles. The molecule has 7 heteroatoms. The molecule has 0 saturated carbocycles. The first kappa shape index (κ1) is 13.6. The lowest BCUT2D eigenvalue weighted by Gasteiger charge is -2.00. The van der Waals surface area contributed by atoms with Gasteiger partial charge in [0.2, 0.25) is 0 Å². The number of nitrogen functional groups attached to an aromatic ring is 1. The summed E-state index contributed by atoms with van der Waals surface area (Å²) in [5.41, 5.74) is 1.95. The average molecular weight is 284 g/mol. The zero-order valence-electron chi connectivity index (χ0n) is 9.65.